The number of piperidine rings is 1. The smallest absolute Gasteiger partial charge is 0.233 e. The Morgan fingerprint density at radius 1 is 1.21 bits per heavy atom. The molecule has 2 heterocycles. The minimum Gasteiger partial charge on any atom is -0.342 e. The second kappa shape index (κ2) is 10.4. The molecule has 8 heteroatoms. The van der Waals surface area contributed by atoms with E-state index in [1.807, 2.05) is 53.9 Å². The Morgan fingerprint density at radius 2 is 1.93 bits per heavy atom. The maximum Gasteiger partial charge on any atom is 0.233 e. The van der Waals surface area contributed by atoms with Gasteiger partial charge in [0.25, 0.3) is 0 Å². The summed E-state index contributed by atoms with van der Waals surface area (Å²) in [6, 6.07) is 10.1. The highest BCUT2D eigenvalue weighted by Gasteiger charge is 2.24. The third-order valence-corrected chi connectivity index (χ3v) is 6.44. The number of carbonyl (C=O) groups is 2. The molecule has 1 aliphatic heterocycles. The van der Waals surface area contributed by atoms with Crippen molar-refractivity contribution in [3.05, 3.63) is 42.2 Å². The van der Waals surface area contributed by atoms with E-state index in [2.05, 4.69) is 10.2 Å². The van der Waals surface area contributed by atoms with Crippen LogP contribution in [0.2, 0.25) is 0 Å². The van der Waals surface area contributed by atoms with Gasteiger partial charge in [0.05, 0.1) is 5.75 Å². The zero-order valence-electron chi connectivity index (χ0n) is 17.2. The summed E-state index contributed by atoms with van der Waals surface area (Å²) in [7, 11) is 3.74. The average molecular weight is 416 g/mol. The summed E-state index contributed by atoms with van der Waals surface area (Å²) in [4.78, 5) is 28.6. The summed E-state index contributed by atoms with van der Waals surface area (Å²) in [5.74, 6) is 1.24. The first-order valence-corrected chi connectivity index (χ1v) is 11.0. The lowest BCUT2D eigenvalue weighted by Crippen LogP contribution is -2.39. The Hall–Kier alpha value is -2.35. The van der Waals surface area contributed by atoms with Gasteiger partial charge in [-0.3, -0.25) is 9.59 Å². The van der Waals surface area contributed by atoms with Crippen LogP contribution in [-0.2, 0) is 23.2 Å². The van der Waals surface area contributed by atoms with E-state index in [-0.39, 0.29) is 11.8 Å². The van der Waals surface area contributed by atoms with E-state index in [1.165, 1.54) is 11.8 Å². The fourth-order valence-corrected chi connectivity index (χ4v) is 4.35. The molecule has 0 spiro atoms. The molecule has 1 aromatic heterocycles. The topological polar surface area (TPSA) is 71.3 Å². The van der Waals surface area contributed by atoms with Crippen LogP contribution in [0.25, 0.3) is 0 Å². The fraction of sp³-hybridized carbons (Fsp3) is 0.524. The Morgan fingerprint density at radius 3 is 2.59 bits per heavy atom. The predicted molar refractivity (Wildman–Crippen MR) is 113 cm³/mol. The third kappa shape index (κ3) is 6.32. The minimum absolute atomic E-state index is 0.148. The van der Waals surface area contributed by atoms with Gasteiger partial charge in [0.15, 0.2) is 5.16 Å². The molecular weight excluding hydrogens is 386 g/mol. The van der Waals surface area contributed by atoms with Gasteiger partial charge >= 0.3 is 0 Å². The normalized spacial score (nSPS) is 14.8. The van der Waals surface area contributed by atoms with Crippen LogP contribution in [0.3, 0.4) is 0 Å². The summed E-state index contributed by atoms with van der Waals surface area (Å²) in [5, 5.41) is 8.58. The highest BCUT2D eigenvalue weighted by Crippen LogP contribution is 2.23. The highest BCUT2D eigenvalue weighted by atomic mass is 32.2. The van der Waals surface area contributed by atoms with E-state index >= 15 is 0 Å². The van der Waals surface area contributed by atoms with Crippen LogP contribution in [0.5, 0.6) is 0 Å². The van der Waals surface area contributed by atoms with Crippen molar-refractivity contribution in [2.24, 2.45) is 13.0 Å². The van der Waals surface area contributed by atoms with E-state index in [1.54, 1.807) is 11.2 Å². The molecule has 0 atom stereocenters. The third-order valence-electron chi connectivity index (χ3n) is 5.42. The number of hydrogen-bond acceptors (Lipinski definition) is 5. The van der Waals surface area contributed by atoms with Crippen molar-refractivity contribution in [1.82, 2.24) is 24.6 Å². The maximum absolute atomic E-state index is 12.4. The van der Waals surface area contributed by atoms with Crippen LogP contribution in [0.4, 0.5) is 0 Å². The van der Waals surface area contributed by atoms with Crippen LogP contribution in [0.1, 0.15) is 31.2 Å². The lowest BCUT2D eigenvalue weighted by molar-refractivity contribution is -0.132. The highest BCUT2D eigenvalue weighted by molar-refractivity contribution is 7.99. The quantitative estimate of drug-likeness (QED) is 0.620. The van der Waals surface area contributed by atoms with Gasteiger partial charge in [0.1, 0.15) is 6.33 Å². The summed E-state index contributed by atoms with van der Waals surface area (Å²) in [6.07, 6.45) is 5.04. The van der Waals surface area contributed by atoms with Gasteiger partial charge in [-0.15, -0.1) is 10.2 Å². The number of benzene rings is 1. The number of amides is 2. The number of carbonyl (C=O) groups excluding carboxylic acids is 2. The second-order valence-corrected chi connectivity index (χ2v) is 8.55. The van der Waals surface area contributed by atoms with Gasteiger partial charge < -0.3 is 14.4 Å². The molecule has 3 rings (SSSR count). The number of rotatable bonds is 8. The summed E-state index contributed by atoms with van der Waals surface area (Å²) >= 11 is 1.42. The number of thioether (sulfide) groups is 1. The van der Waals surface area contributed by atoms with Crippen molar-refractivity contribution in [3.63, 3.8) is 0 Å². The SMILES string of the molecule is CN(Cc1ccccc1)C(=O)CCC1CCN(C(=O)CSc2nncn2C)CC1. The van der Waals surface area contributed by atoms with Crippen molar-refractivity contribution in [1.29, 1.82) is 0 Å². The van der Waals surface area contributed by atoms with Gasteiger partial charge in [-0.2, -0.15) is 0 Å². The molecule has 0 aliphatic carbocycles. The molecule has 0 bridgehead atoms. The molecule has 0 radical (unpaired) electrons. The van der Waals surface area contributed by atoms with Gasteiger partial charge in [-0.1, -0.05) is 42.1 Å². The van der Waals surface area contributed by atoms with Crippen LogP contribution < -0.4 is 0 Å². The molecule has 1 saturated heterocycles. The molecule has 7 nitrogen and oxygen atoms in total. The van der Waals surface area contributed by atoms with Crippen LogP contribution >= 0.6 is 11.8 Å². The van der Waals surface area contributed by atoms with Gasteiger partial charge in [-0.25, -0.2) is 0 Å². The molecule has 1 fully saturated rings. The molecule has 0 saturated carbocycles. The Bertz CT molecular complexity index is 802. The predicted octanol–water partition coefficient (Wildman–Crippen LogP) is 2.58. The largest absolute Gasteiger partial charge is 0.342 e. The summed E-state index contributed by atoms with van der Waals surface area (Å²) in [6.45, 7) is 2.20. The van der Waals surface area contributed by atoms with E-state index in [0.29, 0.717) is 24.6 Å². The zero-order chi connectivity index (χ0) is 20.6. The Balaban J connectivity index is 1.34. The second-order valence-electron chi connectivity index (χ2n) is 7.61. The van der Waals surface area contributed by atoms with E-state index in [9.17, 15) is 9.59 Å². The zero-order valence-corrected chi connectivity index (χ0v) is 18.0. The number of nitrogens with zero attached hydrogens (tertiary/aromatic N) is 5. The standard InChI is InChI=1S/C21H29N5O2S/c1-24(14-18-6-4-3-5-7-18)19(27)9-8-17-10-12-26(13-11-17)20(28)15-29-21-23-22-16-25(21)2/h3-7,16-17H,8-15H2,1-2H3. The summed E-state index contributed by atoms with van der Waals surface area (Å²) < 4.78 is 1.82. The number of hydrogen-bond donors (Lipinski definition) is 0. The Labute approximate surface area is 176 Å². The molecule has 0 N–H and O–H groups in total. The van der Waals surface area contributed by atoms with Gasteiger partial charge in [0.2, 0.25) is 11.8 Å². The lowest BCUT2D eigenvalue weighted by atomic mass is 9.92. The Kier molecular flexibility index (Phi) is 7.69. The van der Waals surface area contributed by atoms with Crippen molar-refractivity contribution >= 4 is 23.6 Å². The minimum atomic E-state index is 0.148. The van der Waals surface area contributed by atoms with E-state index in [0.717, 1.165) is 43.1 Å². The molecule has 2 amide bonds. The van der Waals surface area contributed by atoms with Gasteiger partial charge in [0, 0.05) is 40.2 Å². The van der Waals surface area contributed by atoms with Crippen molar-refractivity contribution in [2.45, 2.75) is 37.4 Å². The number of likely N-dealkylation sites (tertiary alicyclic amines) is 1. The molecule has 1 aromatic carbocycles. The number of aromatic nitrogens is 3. The van der Waals surface area contributed by atoms with Crippen molar-refractivity contribution in [3.8, 4) is 0 Å². The van der Waals surface area contributed by atoms with Crippen LogP contribution in [0, 0.1) is 5.92 Å². The lowest BCUT2D eigenvalue weighted by Gasteiger charge is -2.32. The molecule has 156 valence electrons. The first-order chi connectivity index (χ1) is 14.0. The van der Waals surface area contributed by atoms with Gasteiger partial charge in [-0.05, 0) is 30.7 Å². The summed E-state index contributed by atoms with van der Waals surface area (Å²) in [5.41, 5.74) is 1.15. The van der Waals surface area contributed by atoms with E-state index < -0.39 is 0 Å². The molecular formula is C21H29N5O2S. The van der Waals surface area contributed by atoms with Crippen molar-refractivity contribution in [2.75, 3.05) is 25.9 Å². The van der Waals surface area contributed by atoms with Crippen molar-refractivity contribution < 1.29 is 9.59 Å². The monoisotopic (exact) mass is 415 g/mol. The van der Waals surface area contributed by atoms with Crippen LogP contribution in [-0.4, -0.2) is 62.3 Å². The fourth-order valence-electron chi connectivity index (χ4n) is 3.56. The first kappa shape index (κ1) is 21.4. The molecule has 1 aliphatic rings. The molecule has 29 heavy (non-hydrogen) atoms. The molecule has 0 unspecified atom stereocenters. The van der Waals surface area contributed by atoms with E-state index in [4.69, 9.17) is 0 Å². The maximum atomic E-state index is 12.4. The first-order valence-electron chi connectivity index (χ1n) is 10.1. The molecule has 2 aromatic rings. The van der Waals surface area contributed by atoms with Crippen LogP contribution in [0.15, 0.2) is 41.8 Å². The average Bonchev–Trinajstić information content (AvgIpc) is 3.16. The number of aryl methyl sites for hydroxylation is 1.